The first-order valence-corrected chi connectivity index (χ1v) is 7.80. The highest BCUT2D eigenvalue weighted by molar-refractivity contribution is 6.56. The van der Waals surface area contributed by atoms with Gasteiger partial charge in [-0.05, 0) is 50.9 Å². The van der Waals surface area contributed by atoms with Crippen molar-refractivity contribution in [3.63, 3.8) is 0 Å². The molecule has 5 nitrogen and oxygen atoms in total. The quantitative estimate of drug-likeness (QED) is 0.830. The van der Waals surface area contributed by atoms with Crippen LogP contribution < -0.4 is 5.32 Å². The van der Waals surface area contributed by atoms with Crippen molar-refractivity contribution in [2.75, 3.05) is 6.54 Å². The van der Waals surface area contributed by atoms with Crippen molar-refractivity contribution < 1.29 is 23.6 Å². The number of aromatic hydroxyl groups is 1. The van der Waals surface area contributed by atoms with Crippen molar-refractivity contribution in [3.8, 4) is 5.75 Å². The molecule has 1 amide bonds. The number of phenols is 1. The lowest BCUT2D eigenvalue weighted by atomic mass is 9.77. The molecule has 24 heavy (non-hydrogen) atoms. The number of halogens is 1. The molecular weight excluding hydrogens is 312 g/mol. The maximum Gasteiger partial charge on any atom is 0.492 e. The maximum atomic E-state index is 13.5. The SMILES string of the molecule is CC(=O)NCC(=Cc1cc(O)cc(F)c1)B1OC(C)(C)C(C)(C)O1. The third kappa shape index (κ3) is 4.16. The molecule has 0 aliphatic carbocycles. The molecule has 0 radical (unpaired) electrons. The van der Waals surface area contributed by atoms with E-state index in [1.165, 1.54) is 19.1 Å². The first-order valence-electron chi connectivity index (χ1n) is 7.80. The molecule has 130 valence electrons. The Hall–Kier alpha value is -1.86. The lowest BCUT2D eigenvalue weighted by Gasteiger charge is -2.32. The van der Waals surface area contributed by atoms with Gasteiger partial charge in [-0.3, -0.25) is 4.79 Å². The van der Waals surface area contributed by atoms with Crippen molar-refractivity contribution in [2.45, 2.75) is 45.8 Å². The first-order chi connectivity index (χ1) is 11.0. The van der Waals surface area contributed by atoms with E-state index in [9.17, 15) is 14.3 Å². The van der Waals surface area contributed by atoms with Gasteiger partial charge in [0.25, 0.3) is 0 Å². The molecule has 0 spiro atoms. The van der Waals surface area contributed by atoms with Crippen LogP contribution in [0.3, 0.4) is 0 Å². The number of carbonyl (C=O) groups is 1. The molecule has 0 unspecified atom stereocenters. The third-order valence-electron chi connectivity index (χ3n) is 4.35. The topological polar surface area (TPSA) is 67.8 Å². The van der Waals surface area contributed by atoms with Gasteiger partial charge in [0.05, 0.1) is 11.2 Å². The predicted octanol–water partition coefficient (Wildman–Crippen LogP) is 2.68. The lowest BCUT2D eigenvalue weighted by molar-refractivity contribution is -0.118. The Bertz CT molecular complexity index is 636. The van der Waals surface area contributed by atoms with Crippen LogP contribution in [0.5, 0.6) is 5.75 Å². The van der Waals surface area contributed by atoms with Gasteiger partial charge in [-0.1, -0.05) is 6.08 Å². The van der Waals surface area contributed by atoms with Gasteiger partial charge in [0.2, 0.25) is 5.91 Å². The summed E-state index contributed by atoms with van der Waals surface area (Å²) in [7, 11) is -0.674. The molecule has 0 aromatic heterocycles. The highest BCUT2D eigenvalue weighted by atomic mass is 19.1. The first kappa shape index (κ1) is 18.5. The largest absolute Gasteiger partial charge is 0.508 e. The number of amides is 1. The number of carbonyl (C=O) groups excluding carboxylic acids is 1. The Morgan fingerprint density at radius 1 is 1.25 bits per heavy atom. The van der Waals surface area contributed by atoms with Crippen LogP contribution in [-0.4, -0.2) is 35.9 Å². The van der Waals surface area contributed by atoms with Gasteiger partial charge in [-0.2, -0.15) is 0 Å². The summed E-state index contributed by atoms with van der Waals surface area (Å²) in [6.45, 7) is 9.32. The number of phenolic OH excluding ortho intramolecular Hbond substituents is 1. The van der Waals surface area contributed by atoms with Crippen molar-refractivity contribution >= 4 is 19.1 Å². The van der Waals surface area contributed by atoms with E-state index in [0.717, 1.165) is 6.07 Å². The molecule has 0 bridgehead atoms. The number of hydrogen-bond acceptors (Lipinski definition) is 4. The van der Waals surface area contributed by atoms with Crippen LogP contribution in [0, 0.1) is 5.82 Å². The standard InChI is InChI=1S/C17H23BFNO4/c1-11(21)20-10-13(6-12-7-14(19)9-15(22)8-12)18-23-16(2,3)17(4,5)24-18/h6-9,22H,10H2,1-5H3,(H,20,21). The van der Waals surface area contributed by atoms with Gasteiger partial charge >= 0.3 is 7.12 Å². The zero-order valence-corrected chi connectivity index (χ0v) is 14.6. The second-order valence-electron chi connectivity index (χ2n) is 6.96. The molecule has 2 N–H and O–H groups in total. The second-order valence-corrected chi connectivity index (χ2v) is 6.96. The fraction of sp³-hybridized carbons (Fsp3) is 0.471. The zero-order valence-electron chi connectivity index (χ0n) is 14.6. The van der Waals surface area contributed by atoms with Crippen molar-refractivity contribution in [2.24, 2.45) is 0 Å². The summed E-state index contributed by atoms with van der Waals surface area (Å²) in [4.78, 5) is 11.3. The molecule has 2 rings (SSSR count). The number of nitrogens with one attached hydrogen (secondary N) is 1. The summed E-state index contributed by atoms with van der Waals surface area (Å²) in [5.41, 5.74) is 0.0325. The monoisotopic (exact) mass is 335 g/mol. The Morgan fingerprint density at radius 3 is 2.33 bits per heavy atom. The lowest BCUT2D eigenvalue weighted by Crippen LogP contribution is -2.41. The summed E-state index contributed by atoms with van der Waals surface area (Å²) >= 11 is 0. The maximum absolute atomic E-state index is 13.5. The van der Waals surface area contributed by atoms with Crippen LogP contribution in [0.15, 0.2) is 23.7 Å². The number of hydrogen-bond donors (Lipinski definition) is 2. The molecule has 1 aliphatic rings. The second kappa shape index (κ2) is 6.57. The Balaban J connectivity index is 2.35. The van der Waals surface area contributed by atoms with Crippen LogP contribution in [0.4, 0.5) is 4.39 Å². The highest BCUT2D eigenvalue weighted by Crippen LogP contribution is 2.38. The molecule has 1 fully saturated rings. The Morgan fingerprint density at radius 2 is 1.83 bits per heavy atom. The minimum atomic E-state index is -0.674. The molecule has 1 aromatic carbocycles. The van der Waals surface area contributed by atoms with E-state index in [0.29, 0.717) is 11.0 Å². The van der Waals surface area contributed by atoms with Crippen molar-refractivity contribution in [1.29, 1.82) is 0 Å². The van der Waals surface area contributed by atoms with E-state index in [2.05, 4.69) is 5.32 Å². The molecule has 1 saturated heterocycles. The van der Waals surface area contributed by atoms with E-state index in [-0.39, 0.29) is 18.2 Å². The molecule has 1 aliphatic heterocycles. The Kier molecular flexibility index (Phi) is 5.06. The van der Waals surface area contributed by atoms with Crippen LogP contribution >= 0.6 is 0 Å². The molecule has 0 atom stereocenters. The Labute approximate surface area is 142 Å². The van der Waals surface area contributed by atoms with Crippen molar-refractivity contribution in [1.82, 2.24) is 5.32 Å². The average Bonchev–Trinajstić information content (AvgIpc) is 2.62. The minimum absolute atomic E-state index is 0.172. The smallest absolute Gasteiger partial charge is 0.492 e. The molecule has 7 heteroatoms. The van der Waals surface area contributed by atoms with Crippen LogP contribution in [0.1, 0.15) is 40.2 Å². The predicted molar refractivity (Wildman–Crippen MR) is 90.8 cm³/mol. The molecule has 1 heterocycles. The van der Waals surface area contributed by atoms with E-state index >= 15 is 0 Å². The van der Waals surface area contributed by atoms with Crippen LogP contribution in [0.2, 0.25) is 0 Å². The van der Waals surface area contributed by atoms with E-state index in [4.69, 9.17) is 9.31 Å². The van der Waals surface area contributed by atoms with E-state index in [1.54, 1.807) is 6.08 Å². The van der Waals surface area contributed by atoms with Crippen LogP contribution in [-0.2, 0) is 14.1 Å². The fourth-order valence-electron chi connectivity index (χ4n) is 2.32. The van der Waals surface area contributed by atoms with Gasteiger partial charge in [0, 0.05) is 19.5 Å². The number of rotatable bonds is 4. The minimum Gasteiger partial charge on any atom is -0.508 e. The summed E-state index contributed by atoms with van der Waals surface area (Å²) in [5, 5.41) is 12.3. The summed E-state index contributed by atoms with van der Waals surface area (Å²) < 4.78 is 25.5. The van der Waals surface area contributed by atoms with Gasteiger partial charge in [0.1, 0.15) is 11.6 Å². The van der Waals surface area contributed by atoms with Gasteiger partial charge in [0.15, 0.2) is 0 Å². The fourth-order valence-corrected chi connectivity index (χ4v) is 2.32. The third-order valence-corrected chi connectivity index (χ3v) is 4.35. The normalized spacial score (nSPS) is 19.4. The number of benzene rings is 1. The molecular formula is C17H23BFNO4. The van der Waals surface area contributed by atoms with E-state index in [1.807, 2.05) is 27.7 Å². The van der Waals surface area contributed by atoms with Gasteiger partial charge in [-0.25, -0.2) is 4.39 Å². The zero-order chi connectivity index (χ0) is 18.1. The van der Waals surface area contributed by atoms with Gasteiger partial charge < -0.3 is 19.7 Å². The summed E-state index contributed by atoms with van der Waals surface area (Å²) in [5.74, 6) is -0.914. The van der Waals surface area contributed by atoms with Crippen LogP contribution in [0.25, 0.3) is 6.08 Å². The molecule has 1 aromatic rings. The van der Waals surface area contributed by atoms with E-state index < -0.39 is 24.1 Å². The summed E-state index contributed by atoms with van der Waals surface area (Å²) in [6, 6.07) is 3.75. The molecule has 0 saturated carbocycles. The summed E-state index contributed by atoms with van der Waals surface area (Å²) in [6.07, 6.45) is 1.65. The van der Waals surface area contributed by atoms with Gasteiger partial charge in [-0.15, -0.1) is 0 Å². The van der Waals surface area contributed by atoms with Crippen molar-refractivity contribution in [3.05, 3.63) is 35.1 Å². The highest BCUT2D eigenvalue weighted by Gasteiger charge is 2.52. The average molecular weight is 335 g/mol.